The summed E-state index contributed by atoms with van der Waals surface area (Å²) in [6.07, 6.45) is 9.86. The van der Waals surface area contributed by atoms with Gasteiger partial charge in [0.05, 0.1) is 6.54 Å². The fourth-order valence-corrected chi connectivity index (χ4v) is 4.88. The van der Waals surface area contributed by atoms with Crippen LogP contribution in [0.3, 0.4) is 0 Å². The molecular weight excluding hydrogens is 484 g/mol. The van der Waals surface area contributed by atoms with E-state index in [1.807, 2.05) is 25.3 Å². The third kappa shape index (κ3) is 4.87. The molecule has 0 unspecified atom stereocenters. The standard InChI is InChI=1S/C31H27F2N3O2/c1-3-4-6-25-20(2)34-17-27(25)23-10-9-22-12-14-36(19-24(22)16-23)31(38)26-7-5-13-35(30(26)37)18-21-8-11-28(32)29(33)15-21/h3-11,13,15-17,34H,1,12,14,18-19H2,2H3/b6-4-. The van der Waals surface area contributed by atoms with E-state index in [1.165, 1.54) is 28.5 Å². The van der Waals surface area contributed by atoms with Crippen LogP contribution in [0.5, 0.6) is 0 Å². The number of amides is 1. The third-order valence-electron chi connectivity index (χ3n) is 6.93. The van der Waals surface area contributed by atoms with Crippen LogP contribution >= 0.6 is 0 Å². The van der Waals surface area contributed by atoms with Crippen molar-refractivity contribution in [2.45, 2.75) is 26.4 Å². The molecule has 0 bridgehead atoms. The summed E-state index contributed by atoms with van der Waals surface area (Å²) in [4.78, 5) is 31.6. The number of aryl methyl sites for hydroxylation is 1. The minimum Gasteiger partial charge on any atom is -0.364 e. The van der Waals surface area contributed by atoms with Gasteiger partial charge in [0.1, 0.15) is 5.56 Å². The summed E-state index contributed by atoms with van der Waals surface area (Å²) in [6.45, 7) is 6.69. The van der Waals surface area contributed by atoms with Gasteiger partial charge in [0.15, 0.2) is 11.6 Å². The van der Waals surface area contributed by atoms with Gasteiger partial charge in [0.2, 0.25) is 0 Å². The lowest BCUT2D eigenvalue weighted by atomic mass is 9.93. The maximum absolute atomic E-state index is 13.6. The highest BCUT2D eigenvalue weighted by Crippen LogP contribution is 2.31. The Morgan fingerprint density at radius 1 is 1.11 bits per heavy atom. The minimum absolute atomic E-state index is 0.0298. The Balaban J connectivity index is 1.40. The summed E-state index contributed by atoms with van der Waals surface area (Å²) in [5, 5.41) is 0. The Hall–Kier alpha value is -4.52. The number of carbonyl (C=O) groups is 1. The molecule has 0 saturated carbocycles. The molecule has 1 aliphatic rings. The topological polar surface area (TPSA) is 58.1 Å². The van der Waals surface area contributed by atoms with E-state index in [4.69, 9.17) is 0 Å². The number of nitrogens with one attached hydrogen (secondary N) is 1. The quantitative estimate of drug-likeness (QED) is 0.329. The van der Waals surface area contributed by atoms with Crippen LogP contribution in [0, 0.1) is 18.6 Å². The number of allylic oxidation sites excluding steroid dienone is 2. The molecule has 38 heavy (non-hydrogen) atoms. The SMILES string of the molecule is C=C/C=C\c1c(-c2ccc3c(c2)CN(C(=O)c2cccn(Cc4ccc(F)c(F)c4)c2=O)CC3)c[nH]c1C. The molecule has 0 atom stereocenters. The zero-order chi connectivity index (χ0) is 26.8. The predicted octanol–water partition coefficient (Wildman–Crippen LogP) is 5.88. The molecule has 2 aromatic carbocycles. The van der Waals surface area contributed by atoms with Gasteiger partial charge in [-0.05, 0) is 65.9 Å². The second-order valence-corrected chi connectivity index (χ2v) is 9.40. The molecule has 4 aromatic rings. The molecule has 1 amide bonds. The molecule has 192 valence electrons. The molecule has 0 fully saturated rings. The average Bonchev–Trinajstić information content (AvgIpc) is 3.29. The number of rotatable bonds is 6. The Labute approximate surface area is 219 Å². The zero-order valence-corrected chi connectivity index (χ0v) is 21.0. The van der Waals surface area contributed by atoms with Crippen molar-refractivity contribution < 1.29 is 13.6 Å². The van der Waals surface area contributed by atoms with Gasteiger partial charge in [-0.2, -0.15) is 0 Å². The molecule has 0 spiro atoms. The number of aromatic amines is 1. The Kier molecular flexibility index (Phi) is 6.92. The highest BCUT2D eigenvalue weighted by atomic mass is 19.2. The van der Waals surface area contributed by atoms with E-state index in [1.54, 1.807) is 17.0 Å². The first-order valence-electron chi connectivity index (χ1n) is 12.4. The molecule has 7 heteroatoms. The molecule has 0 saturated heterocycles. The summed E-state index contributed by atoms with van der Waals surface area (Å²) in [5.74, 6) is -2.28. The number of hydrogen-bond donors (Lipinski definition) is 1. The number of nitrogens with zero attached hydrogens (tertiary/aromatic N) is 2. The van der Waals surface area contributed by atoms with Crippen molar-refractivity contribution in [2.75, 3.05) is 6.54 Å². The second-order valence-electron chi connectivity index (χ2n) is 9.40. The van der Waals surface area contributed by atoms with E-state index in [0.717, 1.165) is 40.1 Å². The number of benzene rings is 2. The molecular formula is C31H27F2N3O2. The third-order valence-corrected chi connectivity index (χ3v) is 6.93. The number of pyridine rings is 1. The van der Waals surface area contributed by atoms with Crippen molar-refractivity contribution >= 4 is 12.0 Å². The molecule has 0 aliphatic carbocycles. The number of aromatic nitrogens is 2. The largest absolute Gasteiger partial charge is 0.364 e. The van der Waals surface area contributed by atoms with E-state index >= 15 is 0 Å². The van der Waals surface area contributed by atoms with Crippen molar-refractivity contribution in [3.05, 3.63) is 135 Å². The smallest absolute Gasteiger partial charge is 0.263 e. The van der Waals surface area contributed by atoms with Gasteiger partial charge >= 0.3 is 0 Å². The highest BCUT2D eigenvalue weighted by Gasteiger charge is 2.25. The van der Waals surface area contributed by atoms with Crippen LogP contribution in [-0.2, 0) is 19.5 Å². The lowest BCUT2D eigenvalue weighted by Gasteiger charge is -2.29. The van der Waals surface area contributed by atoms with E-state index < -0.39 is 17.2 Å². The Morgan fingerprint density at radius 3 is 2.74 bits per heavy atom. The Bertz CT molecular complexity index is 1630. The van der Waals surface area contributed by atoms with Crippen LogP contribution in [0.25, 0.3) is 17.2 Å². The van der Waals surface area contributed by atoms with Crippen molar-refractivity contribution in [1.29, 1.82) is 0 Å². The number of halogens is 2. The van der Waals surface area contributed by atoms with Crippen molar-refractivity contribution in [3.63, 3.8) is 0 Å². The van der Waals surface area contributed by atoms with Crippen LogP contribution < -0.4 is 5.56 Å². The number of fused-ring (bicyclic) bond motifs is 1. The van der Waals surface area contributed by atoms with Gasteiger partial charge in [-0.1, -0.05) is 43.0 Å². The van der Waals surface area contributed by atoms with Gasteiger partial charge in [-0.3, -0.25) is 9.59 Å². The van der Waals surface area contributed by atoms with Gasteiger partial charge in [-0.15, -0.1) is 0 Å². The summed E-state index contributed by atoms with van der Waals surface area (Å²) in [5.41, 5.74) is 6.47. The van der Waals surface area contributed by atoms with E-state index in [-0.39, 0.29) is 18.0 Å². The number of carbonyl (C=O) groups excluding carboxylic acids is 1. The number of hydrogen-bond acceptors (Lipinski definition) is 2. The summed E-state index contributed by atoms with van der Waals surface area (Å²) < 4.78 is 28.3. The van der Waals surface area contributed by atoms with Crippen LogP contribution in [0.1, 0.15) is 38.3 Å². The number of H-pyrrole nitrogens is 1. The highest BCUT2D eigenvalue weighted by molar-refractivity contribution is 5.94. The first-order chi connectivity index (χ1) is 18.4. The first kappa shape index (κ1) is 25.1. The monoisotopic (exact) mass is 511 g/mol. The molecule has 0 radical (unpaired) electrons. The minimum atomic E-state index is -0.979. The molecule has 2 aromatic heterocycles. The maximum atomic E-state index is 13.6. The normalized spacial score (nSPS) is 13.1. The van der Waals surface area contributed by atoms with Crippen molar-refractivity contribution in [1.82, 2.24) is 14.5 Å². The maximum Gasteiger partial charge on any atom is 0.263 e. The van der Waals surface area contributed by atoms with Gasteiger partial charge < -0.3 is 14.5 Å². The summed E-state index contributed by atoms with van der Waals surface area (Å²) in [7, 11) is 0. The fraction of sp³-hybridized carbons (Fsp3) is 0.161. The van der Waals surface area contributed by atoms with E-state index in [9.17, 15) is 18.4 Å². The molecule has 5 nitrogen and oxygen atoms in total. The molecule has 1 N–H and O–H groups in total. The van der Waals surface area contributed by atoms with Gasteiger partial charge in [0.25, 0.3) is 11.5 Å². The Morgan fingerprint density at radius 2 is 1.95 bits per heavy atom. The molecule has 5 rings (SSSR count). The zero-order valence-electron chi connectivity index (χ0n) is 21.0. The fourth-order valence-electron chi connectivity index (χ4n) is 4.88. The second kappa shape index (κ2) is 10.5. The van der Waals surface area contributed by atoms with Gasteiger partial charge in [0, 0.05) is 42.3 Å². The predicted molar refractivity (Wildman–Crippen MR) is 145 cm³/mol. The van der Waals surface area contributed by atoms with Crippen LogP contribution in [0.15, 0.2) is 84.5 Å². The van der Waals surface area contributed by atoms with Crippen LogP contribution in [-0.4, -0.2) is 26.9 Å². The molecule has 3 heterocycles. The van der Waals surface area contributed by atoms with Gasteiger partial charge in [-0.25, -0.2) is 8.78 Å². The van der Waals surface area contributed by atoms with Crippen LogP contribution in [0.4, 0.5) is 8.78 Å². The average molecular weight is 512 g/mol. The first-order valence-corrected chi connectivity index (χ1v) is 12.4. The summed E-state index contributed by atoms with van der Waals surface area (Å²) >= 11 is 0. The summed E-state index contributed by atoms with van der Waals surface area (Å²) in [6, 6.07) is 12.9. The lowest BCUT2D eigenvalue weighted by Crippen LogP contribution is -2.39. The lowest BCUT2D eigenvalue weighted by molar-refractivity contribution is 0.0732. The van der Waals surface area contributed by atoms with Crippen LogP contribution in [0.2, 0.25) is 0 Å². The van der Waals surface area contributed by atoms with Crippen molar-refractivity contribution in [2.24, 2.45) is 0 Å². The van der Waals surface area contributed by atoms with E-state index in [0.29, 0.717) is 25.1 Å². The van der Waals surface area contributed by atoms with Crippen molar-refractivity contribution in [3.8, 4) is 11.1 Å². The molecule has 1 aliphatic heterocycles. The van der Waals surface area contributed by atoms with E-state index in [2.05, 4.69) is 29.8 Å².